The average molecular weight is 504 g/mol. The molecule has 200 valence electrons. The number of ether oxygens (including phenoxy) is 5. The maximum Gasteiger partial charge on any atom is 0.187 e. The van der Waals surface area contributed by atoms with E-state index in [2.05, 4.69) is 0 Å². The summed E-state index contributed by atoms with van der Waals surface area (Å²) in [5.74, 6) is 0. The Morgan fingerprint density at radius 2 is 0.941 bits per heavy atom. The largest absolute Gasteiger partial charge is 0.394 e. The quantitative estimate of drug-likeness (QED) is 0.154. The highest BCUT2D eigenvalue weighted by atomic mass is 16.7. The van der Waals surface area contributed by atoms with E-state index in [0.717, 1.165) is 0 Å². The van der Waals surface area contributed by atoms with Crippen molar-refractivity contribution in [3.63, 3.8) is 0 Å². The van der Waals surface area contributed by atoms with E-state index in [4.69, 9.17) is 23.7 Å². The smallest absolute Gasteiger partial charge is 0.187 e. The second kappa shape index (κ2) is 11.6. The van der Waals surface area contributed by atoms with Crippen molar-refractivity contribution in [2.24, 2.45) is 0 Å². The van der Waals surface area contributed by atoms with Crippen molar-refractivity contribution in [2.75, 3.05) is 19.8 Å². The molecule has 0 aromatic heterocycles. The van der Waals surface area contributed by atoms with Crippen molar-refractivity contribution >= 4 is 0 Å². The molecule has 0 unspecified atom stereocenters. The molecule has 11 N–H and O–H groups in total. The summed E-state index contributed by atoms with van der Waals surface area (Å²) in [4.78, 5) is 0. The highest BCUT2D eigenvalue weighted by Gasteiger charge is 2.53. The third kappa shape index (κ3) is 5.37. The third-order valence-corrected chi connectivity index (χ3v) is 6.09. The van der Waals surface area contributed by atoms with Gasteiger partial charge in [-0.05, 0) is 0 Å². The van der Waals surface area contributed by atoms with E-state index in [9.17, 15) is 56.2 Å². The van der Waals surface area contributed by atoms with Gasteiger partial charge in [0.2, 0.25) is 0 Å². The molecule has 3 aliphatic heterocycles. The van der Waals surface area contributed by atoms with Crippen molar-refractivity contribution < 1.29 is 79.9 Å². The van der Waals surface area contributed by atoms with Crippen molar-refractivity contribution in [3.05, 3.63) is 0 Å². The standard InChI is InChI=1S/C18H32O16/c19-1-4-7(22)9(24)12(27)17(31-4)34-15-8(23)5(2-20)32-18(13(15)28)33-14-6(3-21)30-16(29)11(26)10(14)25/h4-29H,1-3H2/t4-,5-,6-,7-,8-,9+,10-,11-,12+,13-,14-,15+,16+,17+,18+/m1/s1. The lowest BCUT2D eigenvalue weighted by Gasteiger charge is -2.47. The van der Waals surface area contributed by atoms with Crippen LogP contribution < -0.4 is 0 Å². The van der Waals surface area contributed by atoms with E-state index in [1.807, 2.05) is 0 Å². The molecule has 3 fully saturated rings. The molecule has 0 aromatic carbocycles. The Hall–Kier alpha value is -0.640. The first-order valence-corrected chi connectivity index (χ1v) is 10.6. The maximum atomic E-state index is 10.8. The van der Waals surface area contributed by atoms with Gasteiger partial charge in [-0.15, -0.1) is 0 Å². The van der Waals surface area contributed by atoms with Crippen LogP contribution >= 0.6 is 0 Å². The van der Waals surface area contributed by atoms with Crippen LogP contribution in [0.15, 0.2) is 0 Å². The predicted octanol–water partition coefficient (Wildman–Crippen LogP) is -7.57. The first kappa shape index (κ1) is 27.9. The number of aliphatic hydroxyl groups is 11. The van der Waals surface area contributed by atoms with Gasteiger partial charge in [0.15, 0.2) is 18.9 Å². The highest BCUT2D eigenvalue weighted by molar-refractivity contribution is 4.96. The molecule has 16 heteroatoms. The average Bonchev–Trinajstić information content (AvgIpc) is 2.83. The zero-order chi connectivity index (χ0) is 25.3. The fourth-order valence-corrected chi connectivity index (χ4v) is 4.05. The van der Waals surface area contributed by atoms with E-state index in [1.165, 1.54) is 0 Å². The third-order valence-electron chi connectivity index (χ3n) is 6.09. The summed E-state index contributed by atoms with van der Waals surface area (Å²) in [6, 6.07) is 0. The second-order valence-corrected chi connectivity index (χ2v) is 8.33. The van der Waals surface area contributed by atoms with E-state index >= 15 is 0 Å². The fourth-order valence-electron chi connectivity index (χ4n) is 4.05. The van der Waals surface area contributed by atoms with Crippen LogP contribution in [0.3, 0.4) is 0 Å². The summed E-state index contributed by atoms with van der Waals surface area (Å²) in [5, 5.41) is 109. The van der Waals surface area contributed by atoms with Crippen molar-refractivity contribution in [2.45, 2.75) is 92.1 Å². The Balaban J connectivity index is 1.78. The lowest BCUT2D eigenvalue weighted by molar-refractivity contribution is -0.378. The molecule has 0 bridgehead atoms. The molecule has 3 heterocycles. The summed E-state index contributed by atoms with van der Waals surface area (Å²) < 4.78 is 26.4. The lowest BCUT2D eigenvalue weighted by atomic mass is 9.96. The molecule has 3 rings (SSSR count). The SMILES string of the molecule is OC[C@H]1O[C@@H](O[C@@H]2[C@@H](O)[C@H](O[C@H]3[C@H](O)[C@@H](O)[C@@H](O)O[C@@H]3CO)O[C@H](CO)[C@H]2O)[C@@H](O)[C@@H](O)[C@@H]1O. The molecule has 0 amide bonds. The van der Waals surface area contributed by atoms with E-state index in [0.29, 0.717) is 0 Å². The molecule has 0 spiro atoms. The first-order valence-electron chi connectivity index (χ1n) is 10.6. The zero-order valence-electron chi connectivity index (χ0n) is 17.7. The summed E-state index contributed by atoms with van der Waals surface area (Å²) in [5.41, 5.74) is 0. The van der Waals surface area contributed by atoms with Crippen LogP contribution in [0.25, 0.3) is 0 Å². The second-order valence-electron chi connectivity index (χ2n) is 8.33. The molecule has 0 radical (unpaired) electrons. The Morgan fingerprint density at radius 3 is 1.50 bits per heavy atom. The first-order chi connectivity index (χ1) is 16.0. The molecular weight excluding hydrogens is 472 g/mol. The maximum absolute atomic E-state index is 10.8. The van der Waals surface area contributed by atoms with Crippen LogP contribution in [-0.2, 0) is 23.7 Å². The predicted molar refractivity (Wildman–Crippen MR) is 101 cm³/mol. The van der Waals surface area contributed by atoms with Crippen LogP contribution in [0.1, 0.15) is 0 Å². The Morgan fingerprint density at radius 1 is 0.441 bits per heavy atom. The number of hydrogen-bond donors (Lipinski definition) is 11. The van der Waals surface area contributed by atoms with Gasteiger partial charge >= 0.3 is 0 Å². The minimum atomic E-state index is -1.90. The normalized spacial score (nSPS) is 52.5. The molecule has 34 heavy (non-hydrogen) atoms. The Kier molecular flexibility index (Phi) is 9.54. The van der Waals surface area contributed by atoms with Gasteiger partial charge in [0.1, 0.15) is 73.2 Å². The van der Waals surface area contributed by atoms with Crippen LogP contribution in [0.2, 0.25) is 0 Å². The van der Waals surface area contributed by atoms with Gasteiger partial charge in [-0.25, -0.2) is 0 Å². The minimum absolute atomic E-state index is 0.759. The topological polar surface area (TPSA) is 269 Å². The van der Waals surface area contributed by atoms with Gasteiger partial charge in [-0.1, -0.05) is 0 Å². The summed E-state index contributed by atoms with van der Waals surface area (Å²) in [6.45, 7) is -2.34. The van der Waals surface area contributed by atoms with Crippen molar-refractivity contribution in [1.29, 1.82) is 0 Å². The summed E-state index contributed by atoms with van der Waals surface area (Å²) in [6.07, 6.45) is -25.4. The van der Waals surface area contributed by atoms with Gasteiger partial charge in [0, 0.05) is 0 Å². The monoisotopic (exact) mass is 504 g/mol. The van der Waals surface area contributed by atoms with Gasteiger partial charge < -0.3 is 79.9 Å². The van der Waals surface area contributed by atoms with Crippen LogP contribution in [-0.4, -0.2) is 168 Å². The molecule has 16 nitrogen and oxygen atoms in total. The molecule has 3 aliphatic rings. The lowest BCUT2D eigenvalue weighted by Crippen LogP contribution is -2.66. The minimum Gasteiger partial charge on any atom is -0.394 e. The molecule has 3 saturated heterocycles. The van der Waals surface area contributed by atoms with E-state index in [-0.39, 0.29) is 0 Å². The fraction of sp³-hybridized carbons (Fsp3) is 1.00. The number of hydrogen-bond acceptors (Lipinski definition) is 16. The molecule has 0 saturated carbocycles. The summed E-state index contributed by atoms with van der Waals surface area (Å²) in [7, 11) is 0. The van der Waals surface area contributed by atoms with Crippen molar-refractivity contribution in [1.82, 2.24) is 0 Å². The Labute approximate surface area is 192 Å². The van der Waals surface area contributed by atoms with Gasteiger partial charge in [0.05, 0.1) is 19.8 Å². The van der Waals surface area contributed by atoms with Gasteiger partial charge in [-0.3, -0.25) is 0 Å². The van der Waals surface area contributed by atoms with Crippen LogP contribution in [0.4, 0.5) is 0 Å². The number of rotatable bonds is 7. The van der Waals surface area contributed by atoms with Crippen molar-refractivity contribution in [3.8, 4) is 0 Å². The van der Waals surface area contributed by atoms with Gasteiger partial charge in [-0.2, -0.15) is 0 Å². The highest BCUT2D eigenvalue weighted by Crippen LogP contribution is 2.32. The Bertz CT molecular complexity index is 637. The van der Waals surface area contributed by atoms with Crippen LogP contribution in [0.5, 0.6) is 0 Å². The van der Waals surface area contributed by atoms with Gasteiger partial charge in [0.25, 0.3) is 0 Å². The van der Waals surface area contributed by atoms with Crippen LogP contribution in [0, 0.1) is 0 Å². The molecule has 0 aromatic rings. The zero-order valence-corrected chi connectivity index (χ0v) is 17.7. The van der Waals surface area contributed by atoms with E-state index < -0.39 is 112 Å². The summed E-state index contributed by atoms with van der Waals surface area (Å²) >= 11 is 0. The number of aliphatic hydroxyl groups excluding tert-OH is 11. The molecular formula is C18H32O16. The molecule has 15 atom stereocenters. The van der Waals surface area contributed by atoms with E-state index in [1.54, 1.807) is 0 Å². The molecule has 0 aliphatic carbocycles.